The molecule has 1 N–H and O–H groups in total. The molecule has 2 rings (SSSR count). The Morgan fingerprint density at radius 2 is 2.05 bits per heavy atom. The van der Waals surface area contributed by atoms with Gasteiger partial charge in [0.2, 0.25) is 0 Å². The predicted molar refractivity (Wildman–Crippen MR) is 70.9 cm³/mol. The molecule has 0 radical (unpaired) electrons. The fourth-order valence-electron chi connectivity index (χ4n) is 1.41. The molecule has 0 saturated heterocycles. The van der Waals surface area contributed by atoms with Crippen molar-refractivity contribution in [1.29, 1.82) is 0 Å². The first-order valence-electron chi connectivity index (χ1n) is 5.24. The molecule has 0 atom stereocenters. The maximum atomic E-state index is 13.7. The molecule has 0 amide bonds. The summed E-state index contributed by atoms with van der Waals surface area (Å²) in [7, 11) is -4.31. The maximum Gasteiger partial charge on any atom is 0.272 e. The van der Waals surface area contributed by atoms with Crippen molar-refractivity contribution in [2.75, 3.05) is 4.72 Å². The van der Waals surface area contributed by atoms with Crippen molar-refractivity contribution in [3.63, 3.8) is 0 Å². The Balaban J connectivity index is 2.38. The molecule has 0 bridgehead atoms. The third-order valence-corrected chi connectivity index (χ3v) is 3.83. The number of nitro benzene ring substituents is 1. The third kappa shape index (κ3) is 3.41. The summed E-state index contributed by atoms with van der Waals surface area (Å²) in [6, 6.07) is 2.17. The molecule has 0 aliphatic heterocycles. The molecular formula is C10H6ClFN4O4S. The maximum absolute atomic E-state index is 13.7. The molecule has 11 heteroatoms. The normalized spacial score (nSPS) is 11.1. The van der Waals surface area contributed by atoms with Gasteiger partial charge < -0.3 is 0 Å². The van der Waals surface area contributed by atoms with Gasteiger partial charge in [0.1, 0.15) is 10.0 Å². The van der Waals surface area contributed by atoms with Crippen LogP contribution in [0, 0.1) is 15.9 Å². The van der Waals surface area contributed by atoms with Crippen LogP contribution in [-0.4, -0.2) is 23.3 Å². The zero-order chi connectivity index (χ0) is 15.6. The van der Waals surface area contributed by atoms with Gasteiger partial charge in [0.15, 0.2) is 11.6 Å². The van der Waals surface area contributed by atoms with Crippen LogP contribution in [0.1, 0.15) is 0 Å². The fraction of sp³-hybridized carbons (Fsp3) is 0. The first-order chi connectivity index (χ1) is 9.79. The number of hydrogen-bond acceptors (Lipinski definition) is 6. The highest BCUT2D eigenvalue weighted by molar-refractivity contribution is 7.92. The molecule has 1 aromatic carbocycles. The topological polar surface area (TPSA) is 115 Å². The Morgan fingerprint density at radius 3 is 2.62 bits per heavy atom. The van der Waals surface area contributed by atoms with Crippen molar-refractivity contribution < 1.29 is 17.7 Å². The zero-order valence-corrected chi connectivity index (χ0v) is 11.6. The van der Waals surface area contributed by atoms with Gasteiger partial charge >= 0.3 is 0 Å². The number of anilines is 1. The quantitative estimate of drug-likeness (QED) is 0.676. The first-order valence-corrected chi connectivity index (χ1v) is 7.10. The lowest BCUT2D eigenvalue weighted by Crippen LogP contribution is -2.15. The number of hydrogen-bond donors (Lipinski definition) is 1. The molecule has 2 aromatic rings. The molecular weight excluding hydrogens is 327 g/mol. The van der Waals surface area contributed by atoms with E-state index < -0.39 is 31.3 Å². The van der Waals surface area contributed by atoms with E-state index in [1.165, 1.54) is 6.20 Å². The van der Waals surface area contributed by atoms with Gasteiger partial charge in [0.25, 0.3) is 15.7 Å². The van der Waals surface area contributed by atoms with Crippen LogP contribution in [0.25, 0.3) is 0 Å². The lowest BCUT2D eigenvalue weighted by Gasteiger charge is -2.07. The first kappa shape index (κ1) is 15.1. The van der Waals surface area contributed by atoms with Crippen molar-refractivity contribution in [3.05, 3.63) is 51.7 Å². The summed E-state index contributed by atoms with van der Waals surface area (Å²) in [5.74, 6) is -1.47. The summed E-state index contributed by atoms with van der Waals surface area (Å²) in [6.45, 7) is 0. The lowest BCUT2D eigenvalue weighted by molar-refractivity contribution is -0.385. The average Bonchev–Trinajstić information content (AvgIpc) is 2.37. The van der Waals surface area contributed by atoms with E-state index in [0.29, 0.717) is 6.07 Å². The summed E-state index contributed by atoms with van der Waals surface area (Å²) < 4.78 is 39.6. The van der Waals surface area contributed by atoms with Crippen LogP contribution >= 0.6 is 11.6 Å². The lowest BCUT2D eigenvalue weighted by atomic mass is 10.3. The summed E-state index contributed by atoms with van der Waals surface area (Å²) in [4.78, 5) is 16.1. The van der Waals surface area contributed by atoms with E-state index in [2.05, 4.69) is 9.97 Å². The van der Waals surface area contributed by atoms with Crippen LogP contribution in [-0.2, 0) is 10.0 Å². The number of nitrogens with one attached hydrogen (secondary N) is 1. The van der Waals surface area contributed by atoms with Gasteiger partial charge in [-0.05, 0) is 6.07 Å². The SMILES string of the molecule is O=[N+]([O-])c1ccc(S(=O)(=O)Nc2cncc(Cl)n2)c(F)c1. The molecule has 0 spiro atoms. The van der Waals surface area contributed by atoms with Crippen molar-refractivity contribution in [3.8, 4) is 0 Å². The second-order valence-electron chi connectivity index (χ2n) is 3.70. The minimum absolute atomic E-state index is 0.0561. The Morgan fingerprint density at radius 1 is 1.33 bits per heavy atom. The third-order valence-electron chi connectivity index (χ3n) is 2.26. The highest BCUT2D eigenvalue weighted by Crippen LogP contribution is 2.22. The van der Waals surface area contributed by atoms with Gasteiger partial charge in [0.05, 0.1) is 23.4 Å². The minimum atomic E-state index is -4.31. The highest BCUT2D eigenvalue weighted by Gasteiger charge is 2.22. The second kappa shape index (κ2) is 5.58. The van der Waals surface area contributed by atoms with E-state index in [-0.39, 0.29) is 11.0 Å². The molecule has 0 aliphatic rings. The summed E-state index contributed by atoms with van der Waals surface area (Å²) in [6.07, 6.45) is 2.26. The van der Waals surface area contributed by atoms with Crippen LogP contribution in [0.15, 0.2) is 35.5 Å². The Labute approximate surface area is 122 Å². The van der Waals surface area contributed by atoms with Gasteiger partial charge in [-0.15, -0.1) is 0 Å². The molecule has 0 fully saturated rings. The van der Waals surface area contributed by atoms with Crippen molar-refractivity contribution in [2.45, 2.75) is 4.90 Å². The van der Waals surface area contributed by atoms with Crippen molar-refractivity contribution >= 4 is 33.1 Å². The Bertz CT molecular complexity index is 814. The zero-order valence-electron chi connectivity index (χ0n) is 10.0. The summed E-state index contributed by atoms with van der Waals surface area (Å²) >= 11 is 5.55. The van der Waals surface area contributed by atoms with E-state index in [0.717, 1.165) is 18.3 Å². The Kier molecular flexibility index (Phi) is 4.00. The molecule has 0 unspecified atom stereocenters. The van der Waals surface area contributed by atoms with E-state index in [9.17, 15) is 22.9 Å². The van der Waals surface area contributed by atoms with Crippen molar-refractivity contribution in [1.82, 2.24) is 9.97 Å². The number of non-ortho nitro benzene ring substituents is 1. The Hall–Kier alpha value is -2.33. The second-order valence-corrected chi connectivity index (χ2v) is 5.74. The summed E-state index contributed by atoms with van der Waals surface area (Å²) in [5.41, 5.74) is -0.561. The predicted octanol–water partition coefficient (Wildman–Crippen LogP) is 1.98. The smallest absolute Gasteiger partial charge is 0.262 e. The monoisotopic (exact) mass is 332 g/mol. The molecule has 8 nitrogen and oxygen atoms in total. The molecule has 1 heterocycles. The van der Waals surface area contributed by atoms with Crippen LogP contribution in [0.3, 0.4) is 0 Å². The van der Waals surface area contributed by atoms with E-state index in [1.54, 1.807) is 0 Å². The van der Waals surface area contributed by atoms with Gasteiger partial charge in [-0.25, -0.2) is 17.8 Å². The average molecular weight is 333 g/mol. The van der Waals surface area contributed by atoms with E-state index in [4.69, 9.17) is 11.6 Å². The number of nitro groups is 1. The molecule has 21 heavy (non-hydrogen) atoms. The number of rotatable bonds is 4. The summed E-state index contributed by atoms with van der Waals surface area (Å²) in [5, 5.41) is 10.4. The molecule has 0 aliphatic carbocycles. The van der Waals surface area contributed by atoms with E-state index in [1.807, 2.05) is 4.72 Å². The highest BCUT2D eigenvalue weighted by atomic mass is 35.5. The fourth-order valence-corrected chi connectivity index (χ4v) is 2.60. The molecule has 0 saturated carbocycles. The molecule has 110 valence electrons. The van der Waals surface area contributed by atoms with Gasteiger partial charge in [0, 0.05) is 6.07 Å². The van der Waals surface area contributed by atoms with Crippen LogP contribution in [0.2, 0.25) is 5.15 Å². The van der Waals surface area contributed by atoms with E-state index >= 15 is 0 Å². The number of nitrogens with zero attached hydrogens (tertiary/aromatic N) is 3. The van der Waals surface area contributed by atoms with Crippen LogP contribution < -0.4 is 4.72 Å². The van der Waals surface area contributed by atoms with Crippen LogP contribution in [0.4, 0.5) is 15.9 Å². The van der Waals surface area contributed by atoms with Gasteiger partial charge in [-0.1, -0.05) is 11.6 Å². The van der Waals surface area contributed by atoms with Gasteiger partial charge in [-0.3, -0.25) is 19.8 Å². The van der Waals surface area contributed by atoms with Gasteiger partial charge in [-0.2, -0.15) is 0 Å². The largest absolute Gasteiger partial charge is 0.272 e. The number of benzene rings is 1. The number of aromatic nitrogens is 2. The number of sulfonamides is 1. The van der Waals surface area contributed by atoms with Crippen LogP contribution in [0.5, 0.6) is 0 Å². The number of halogens is 2. The minimum Gasteiger partial charge on any atom is -0.262 e. The molecule has 1 aromatic heterocycles. The van der Waals surface area contributed by atoms with Crippen molar-refractivity contribution in [2.24, 2.45) is 0 Å². The standard InChI is InChI=1S/C10H6ClFN4O4S/c11-9-4-13-5-10(14-9)15-21(19,20)8-2-1-6(16(17)18)3-7(8)12/h1-5H,(H,14,15).